The second-order valence-corrected chi connectivity index (χ2v) is 14.9. The number of imide groups is 1. The molecule has 0 N–H and O–H groups in total. The zero-order valence-corrected chi connectivity index (χ0v) is 25.4. The molecule has 6 rings (SSSR count). The van der Waals surface area contributed by atoms with Crippen LogP contribution in [0.1, 0.15) is 113 Å². The summed E-state index contributed by atoms with van der Waals surface area (Å²) in [5.41, 5.74) is 1.76. The summed E-state index contributed by atoms with van der Waals surface area (Å²) in [5.74, 6) is 5.01. The molecule has 0 aromatic heterocycles. The molecule has 0 saturated heterocycles. The van der Waals surface area contributed by atoms with Gasteiger partial charge in [0.05, 0.1) is 18.2 Å². The molecule has 1 aromatic rings. The maximum atomic E-state index is 13.3. The predicted molar refractivity (Wildman–Crippen MR) is 155 cm³/mol. The summed E-state index contributed by atoms with van der Waals surface area (Å²) >= 11 is 0. The van der Waals surface area contributed by atoms with Crippen molar-refractivity contribution in [2.24, 2.45) is 58.2 Å². The highest BCUT2D eigenvalue weighted by Gasteiger charge is 2.64. The number of hydrogen-bond donors (Lipinski definition) is 0. The number of rotatable bonds is 5. The van der Waals surface area contributed by atoms with Crippen LogP contribution in [0.3, 0.4) is 0 Å². The Morgan fingerprint density at radius 2 is 1.68 bits per heavy atom. The van der Waals surface area contributed by atoms with E-state index in [-0.39, 0.29) is 29.2 Å². The molecule has 218 valence electrons. The van der Waals surface area contributed by atoms with Crippen molar-refractivity contribution in [3.63, 3.8) is 0 Å². The van der Waals surface area contributed by atoms with E-state index in [1.807, 2.05) is 12.1 Å². The van der Waals surface area contributed by atoms with Crippen molar-refractivity contribution in [3.05, 3.63) is 35.4 Å². The zero-order chi connectivity index (χ0) is 28.6. The number of esters is 1. The van der Waals surface area contributed by atoms with E-state index in [1.165, 1.54) is 32.8 Å². The van der Waals surface area contributed by atoms with Crippen LogP contribution in [0.4, 0.5) is 0 Å². The predicted octanol–water partition coefficient (Wildman–Crippen LogP) is 7.39. The molecular formula is C35H49NO4. The fourth-order valence-corrected chi connectivity index (χ4v) is 11.3. The van der Waals surface area contributed by atoms with Crippen molar-refractivity contribution in [2.75, 3.05) is 7.11 Å². The minimum absolute atomic E-state index is 0.0204. The Morgan fingerprint density at radius 1 is 1.00 bits per heavy atom. The summed E-state index contributed by atoms with van der Waals surface area (Å²) in [4.78, 5) is 40.1. The van der Waals surface area contributed by atoms with Gasteiger partial charge in [0.1, 0.15) is 0 Å². The SMILES string of the molecule is COC(=O)CCC(C)[C@H]1CCC2C3C(C)CC4CC(N5C(=O)c6ccccc6C5=O)CC[C@]4(C)C3C[C@H](C)[C@@]21C. The van der Waals surface area contributed by atoms with Crippen LogP contribution in [-0.2, 0) is 9.53 Å². The molecule has 5 aliphatic rings. The van der Waals surface area contributed by atoms with Gasteiger partial charge in [-0.25, -0.2) is 0 Å². The summed E-state index contributed by atoms with van der Waals surface area (Å²) < 4.78 is 4.95. The number of carbonyl (C=O) groups is 3. The van der Waals surface area contributed by atoms with E-state index in [0.29, 0.717) is 58.5 Å². The number of ether oxygens (including phenoxy) is 1. The van der Waals surface area contributed by atoms with Crippen LogP contribution >= 0.6 is 0 Å². The van der Waals surface area contributed by atoms with Gasteiger partial charge in [0.15, 0.2) is 0 Å². The first-order chi connectivity index (χ1) is 19.0. The van der Waals surface area contributed by atoms with E-state index in [2.05, 4.69) is 34.6 Å². The number of fused-ring (bicyclic) bond motifs is 6. The van der Waals surface area contributed by atoms with Gasteiger partial charge >= 0.3 is 5.97 Å². The molecule has 0 radical (unpaired) electrons. The summed E-state index contributed by atoms with van der Waals surface area (Å²) in [7, 11) is 1.49. The molecule has 5 nitrogen and oxygen atoms in total. The van der Waals surface area contributed by atoms with E-state index in [4.69, 9.17) is 4.74 Å². The highest BCUT2D eigenvalue weighted by atomic mass is 16.5. The third-order valence-electron chi connectivity index (χ3n) is 13.6. The van der Waals surface area contributed by atoms with Gasteiger partial charge in [-0.2, -0.15) is 0 Å². The monoisotopic (exact) mass is 547 g/mol. The van der Waals surface area contributed by atoms with Gasteiger partial charge in [0.25, 0.3) is 11.8 Å². The molecule has 1 aromatic carbocycles. The maximum absolute atomic E-state index is 13.3. The molecule has 1 aliphatic heterocycles. The molecule has 1 heterocycles. The van der Waals surface area contributed by atoms with Gasteiger partial charge in [-0.15, -0.1) is 0 Å². The highest BCUT2D eigenvalue weighted by molar-refractivity contribution is 6.21. The molecule has 5 heteroatoms. The molecule has 0 bridgehead atoms. The van der Waals surface area contributed by atoms with Gasteiger partial charge in [0, 0.05) is 12.5 Å². The van der Waals surface area contributed by atoms with Crippen LogP contribution in [0, 0.1) is 58.2 Å². The Labute approximate surface area is 240 Å². The third kappa shape index (κ3) is 3.96. The number of benzene rings is 1. The lowest BCUT2D eigenvalue weighted by Gasteiger charge is -2.65. The number of amides is 2. The molecule has 4 aliphatic carbocycles. The largest absolute Gasteiger partial charge is 0.469 e. The fraction of sp³-hybridized carbons (Fsp3) is 0.743. The van der Waals surface area contributed by atoms with Crippen molar-refractivity contribution in [1.29, 1.82) is 0 Å². The summed E-state index contributed by atoms with van der Waals surface area (Å²) in [6, 6.07) is 7.36. The zero-order valence-electron chi connectivity index (χ0n) is 25.4. The summed E-state index contributed by atoms with van der Waals surface area (Å²) in [6.07, 6.45) is 9.55. The van der Waals surface area contributed by atoms with Crippen LogP contribution in [0.2, 0.25) is 0 Å². The lowest BCUT2D eigenvalue weighted by Crippen LogP contribution is -2.60. The minimum atomic E-state index is -0.0868. The summed E-state index contributed by atoms with van der Waals surface area (Å²) in [6.45, 7) is 12.6. The van der Waals surface area contributed by atoms with E-state index in [1.54, 1.807) is 17.0 Å². The first kappa shape index (κ1) is 28.0. The second kappa shape index (κ2) is 9.98. The second-order valence-electron chi connectivity index (χ2n) is 14.9. The quantitative estimate of drug-likeness (QED) is 0.285. The van der Waals surface area contributed by atoms with Crippen molar-refractivity contribution in [1.82, 2.24) is 4.90 Å². The van der Waals surface area contributed by atoms with Gasteiger partial charge < -0.3 is 4.74 Å². The Hall–Kier alpha value is -2.17. The van der Waals surface area contributed by atoms with Crippen LogP contribution in [0.25, 0.3) is 0 Å². The average molecular weight is 548 g/mol. The number of carbonyl (C=O) groups excluding carboxylic acids is 3. The topological polar surface area (TPSA) is 63.7 Å². The Balaban J connectivity index is 1.21. The summed E-state index contributed by atoms with van der Waals surface area (Å²) in [5, 5.41) is 0. The molecule has 4 fully saturated rings. The first-order valence-corrected chi connectivity index (χ1v) is 16.1. The molecule has 4 saturated carbocycles. The molecule has 0 spiro atoms. The highest BCUT2D eigenvalue weighted by Crippen LogP contribution is 2.71. The Kier molecular flexibility index (Phi) is 6.98. The number of nitrogens with zero attached hydrogens (tertiary/aromatic N) is 1. The van der Waals surface area contributed by atoms with Crippen LogP contribution in [0.15, 0.2) is 24.3 Å². The average Bonchev–Trinajstić information content (AvgIpc) is 3.42. The number of methoxy groups -OCH3 is 1. The van der Waals surface area contributed by atoms with Crippen molar-refractivity contribution >= 4 is 17.8 Å². The van der Waals surface area contributed by atoms with E-state index in [0.717, 1.165) is 37.5 Å². The standard InChI is InChI=1S/C35H49NO4/c1-20(11-14-30(37)40-6)27-12-13-28-31-21(2)17-23-19-24(36-32(38)25-9-7-8-10-26(25)33(36)39)15-16-34(23,4)29(31)18-22(3)35(27,28)5/h7-10,20-24,27-29,31H,11-19H2,1-6H3/t20?,21?,22-,23?,24?,27+,28?,29?,31?,34-,35+/m0/s1. The normalized spacial score (nSPS) is 43.0. The molecule has 7 unspecified atom stereocenters. The third-order valence-corrected chi connectivity index (χ3v) is 13.6. The van der Waals surface area contributed by atoms with Crippen LogP contribution in [-0.4, -0.2) is 35.8 Å². The fourth-order valence-electron chi connectivity index (χ4n) is 11.3. The van der Waals surface area contributed by atoms with E-state index < -0.39 is 0 Å². The molecule has 11 atom stereocenters. The van der Waals surface area contributed by atoms with Crippen LogP contribution < -0.4 is 0 Å². The van der Waals surface area contributed by atoms with E-state index >= 15 is 0 Å². The molecular weight excluding hydrogens is 498 g/mol. The van der Waals surface area contributed by atoms with Gasteiger partial charge in [-0.05, 0) is 122 Å². The number of hydrogen-bond acceptors (Lipinski definition) is 4. The van der Waals surface area contributed by atoms with E-state index in [9.17, 15) is 14.4 Å². The lowest BCUT2D eigenvalue weighted by atomic mass is 9.40. The lowest BCUT2D eigenvalue weighted by molar-refractivity contribution is -0.163. The van der Waals surface area contributed by atoms with Crippen LogP contribution in [0.5, 0.6) is 0 Å². The van der Waals surface area contributed by atoms with Gasteiger partial charge in [-0.3, -0.25) is 19.3 Å². The van der Waals surface area contributed by atoms with Crippen molar-refractivity contribution in [3.8, 4) is 0 Å². The van der Waals surface area contributed by atoms with Gasteiger partial charge in [-0.1, -0.05) is 46.8 Å². The smallest absolute Gasteiger partial charge is 0.305 e. The minimum Gasteiger partial charge on any atom is -0.469 e. The van der Waals surface area contributed by atoms with Gasteiger partial charge in [0.2, 0.25) is 0 Å². The molecule has 40 heavy (non-hydrogen) atoms. The molecule has 2 amide bonds. The first-order valence-electron chi connectivity index (χ1n) is 16.1. The Morgan fingerprint density at radius 3 is 2.33 bits per heavy atom. The Bertz CT molecular complexity index is 1160. The maximum Gasteiger partial charge on any atom is 0.305 e. The van der Waals surface area contributed by atoms with Crippen molar-refractivity contribution in [2.45, 2.75) is 98.4 Å². The van der Waals surface area contributed by atoms with Crippen molar-refractivity contribution < 1.29 is 19.1 Å².